The zero-order valence-corrected chi connectivity index (χ0v) is 24.5. The largest absolute Gasteiger partial charge is 4.00 e. The maximum Gasteiger partial charge on any atom is 4.00 e. The van der Waals surface area contributed by atoms with Gasteiger partial charge in [0, 0.05) is 10.8 Å². The monoisotopic (exact) mass is 558 g/mol. The SMILES string of the molecule is COc1c[c-]c(-c2ccccc2)c2c1-c1ccc(Cl)cc1C2.C[c-]1ccc(C(C)(C)C)c1.[Cl-].[Cl-].[Ti+4]. The van der Waals surface area contributed by atoms with Crippen molar-refractivity contribution < 1.29 is 51.3 Å². The molecule has 0 N–H and O–H groups in total. The Morgan fingerprint density at radius 3 is 2.23 bits per heavy atom. The molecule has 1 aliphatic carbocycles. The minimum atomic E-state index is 0. The van der Waals surface area contributed by atoms with Crippen molar-refractivity contribution in [3.63, 3.8) is 0 Å². The van der Waals surface area contributed by atoms with Gasteiger partial charge in [-0.25, -0.2) is 6.07 Å². The van der Waals surface area contributed by atoms with Crippen LogP contribution in [0.3, 0.4) is 0 Å². The Morgan fingerprint density at radius 2 is 1.69 bits per heavy atom. The molecule has 1 nitrogen and oxygen atoms in total. The molecule has 0 heterocycles. The van der Waals surface area contributed by atoms with Crippen LogP contribution in [0.15, 0.2) is 72.8 Å². The van der Waals surface area contributed by atoms with Gasteiger partial charge in [0.05, 0.1) is 7.11 Å². The maximum atomic E-state index is 6.16. The number of ether oxygens (including phenoxy) is 1. The Balaban J connectivity index is 0.000000407. The second kappa shape index (κ2) is 13.1. The van der Waals surface area contributed by atoms with Crippen molar-refractivity contribution in [1.29, 1.82) is 0 Å². The van der Waals surface area contributed by atoms with Crippen LogP contribution in [0.1, 0.15) is 43.0 Å². The molecule has 5 rings (SSSR count). The van der Waals surface area contributed by atoms with Crippen LogP contribution >= 0.6 is 11.6 Å². The molecule has 0 aliphatic heterocycles. The second-order valence-corrected chi connectivity index (χ2v) is 9.79. The first-order chi connectivity index (χ1) is 15.3. The van der Waals surface area contributed by atoms with Gasteiger partial charge in [0.25, 0.3) is 0 Å². The third-order valence-corrected chi connectivity index (χ3v) is 6.19. The van der Waals surface area contributed by atoms with Gasteiger partial charge in [-0.3, -0.25) is 0 Å². The molecule has 0 atom stereocenters. The molecule has 4 aromatic carbocycles. The number of halogens is 3. The van der Waals surface area contributed by atoms with Crippen LogP contribution < -0.4 is 29.6 Å². The third kappa shape index (κ3) is 7.00. The minimum Gasteiger partial charge on any atom is -1.00 e. The van der Waals surface area contributed by atoms with Crippen LogP contribution in [-0.4, -0.2) is 7.11 Å². The Bertz CT molecular complexity index is 1240. The van der Waals surface area contributed by atoms with E-state index in [2.05, 4.69) is 82.3 Å². The molecule has 1 aliphatic rings. The Kier molecular flexibility index (Phi) is 11.7. The summed E-state index contributed by atoms with van der Waals surface area (Å²) >= 11 is 6.16. The van der Waals surface area contributed by atoms with E-state index in [-0.39, 0.29) is 46.5 Å². The average Bonchev–Trinajstić information content (AvgIpc) is 3.37. The summed E-state index contributed by atoms with van der Waals surface area (Å²) in [5, 5.41) is 0.774. The summed E-state index contributed by atoms with van der Waals surface area (Å²) in [6.07, 6.45) is 0.864. The zero-order chi connectivity index (χ0) is 22.9. The van der Waals surface area contributed by atoms with Gasteiger partial charge in [-0.1, -0.05) is 92.2 Å². The van der Waals surface area contributed by atoms with Gasteiger partial charge in [0.15, 0.2) is 0 Å². The Labute approximate surface area is 242 Å². The molecule has 4 aromatic rings. The molecule has 0 unspecified atom stereocenters. The van der Waals surface area contributed by atoms with Gasteiger partial charge in [-0.2, -0.15) is 23.3 Å². The molecule has 0 saturated heterocycles. The van der Waals surface area contributed by atoms with Crippen molar-refractivity contribution in [2.45, 2.75) is 39.5 Å². The molecule has 0 saturated carbocycles. The topological polar surface area (TPSA) is 9.23 Å². The molecule has 0 spiro atoms. The van der Waals surface area contributed by atoms with Crippen molar-refractivity contribution in [3.8, 4) is 28.0 Å². The normalized spacial score (nSPS) is 10.9. The first-order valence-corrected chi connectivity index (χ1v) is 11.4. The quantitative estimate of drug-likeness (QED) is 0.239. The average molecular weight is 560 g/mol. The van der Waals surface area contributed by atoms with Gasteiger partial charge >= 0.3 is 21.7 Å². The number of aryl methyl sites for hydroxylation is 1. The molecule has 0 amide bonds. The number of methoxy groups -OCH3 is 1. The fraction of sp³-hybridized carbons (Fsp3) is 0.233. The van der Waals surface area contributed by atoms with E-state index in [1.165, 1.54) is 38.9 Å². The summed E-state index contributed by atoms with van der Waals surface area (Å²) in [6.45, 7) is 8.85. The van der Waals surface area contributed by atoms with E-state index in [1.54, 1.807) is 7.11 Å². The summed E-state index contributed by atoms with van der Waals surface area (Å²) < 4.78 is 5.57. The molecule has 35 heavy (non-hydrogen) atoms. The van der Waals surface area contributed by atoms with Crippen molar-refractivity contribution in [1.82, 2.24) is 0 Å². The van der Waals surface area contributed by atoms with Gasteiger partial charge in [0.1, 0.15) is 0 Å². The molecule has 180 valence electrons. The van der Waals surface area contributed by atoms with Gasteiger partial charge in [-0.05, 0) is 29.7 Å². The molecule has 0 fully saturated rings. The smallest absolute Gasteiger partial charge is 1.00 e. The number of benzene rings is 3. The molecule has 0 bridgehead atoms. The van der Waals surface area contributed by atoms with Crippen molar-refractivity contribution >= 4 is 11.6 Å². The van der Waals surface area contributed by atoms with E-state index in [0.29, 0.717) is 5.41 Å². The van der Waals surface area contributed by atoms with E-state index >= 15 is 0 Å². The summed E-state index contributed by atoms with van der Waals surface area (Å²) in [7, 11) is 1.71. The van der Waals surface area contributed by atoms with Crippen molar-refractivity contribution in [3.05, 3.63) is 106 Å². The number of hydrogen-bond donors (Lipinski definition) is 0. The molecular formula is C30H29Cl3OTi. The van der Waals surface area contributed by atoms with Gasteiger partial charge < -0.3 is 29.6 Å². The first-order valence-electron chi connectivity index (χ1n) is 11.0. The van der Waals surface area contributed by atoms with Crippen LogP contribution in [0.5, 0.6) is 5.75 Å². The number of rotatable bonds is 2. The van der Waals surface area contributed by atoms with Crippen LogP contribution in [0.2, 0.25) is 5.02 Å². The number of fused-ring (bicyclic) bond motifs is 3. The molecule has 5 heteroatoms. The Hall–Kier alpha value is -1.61. The summed E-state index contributed by atoms with van der Waals surface area (Å²) in [4.78, 5) is 0. The van der Waals surface area contributed by atoms with E-state index in [0.717, 1.165) is 22.8 Å². The van der Waals surface area contributed by atoms with Crippen LogP contribution in [0, 0.1) is 13.0 Å². The zero-order valence-electron chi connectivity index (χ0n) is 20.7. The van der Waals surface area contributed by atoms with E-state index in [1.807, 2.05) is 24.3 Å². The summed E-state index contributed by atoms with van der Waals surface area (Å²) in [5.74, 6) is 0.871. The fourth-order valence-electron chi connectivity index (χ4n) is 4.24. The predicted molar refractivity (Wildman–Crippen MR) is 136 cm³/mol. The van der Waals surface area contributed by atoms with Crippen LogP contribution in [-0.2, 0) is 33.6 Å². The summed E-state index contributed by atoms with van der Waals surface area (Å²) in [6, 6.07) is 28.4. The maximum absolute atomic E-state index is 6.16. The molecule has 0 aromatic heterocycles. The minimum absolute atomic E-state index is 0. The predicted octanol–water partition coefficient (Wildman–Crippen LogP) is 2.40. The van der Waals surface area contributed by atoms with E-state index in [4.69, 9.17) is 16.3 Å². The van der Waals surface area contributed by atoms with Crippen LogP contribution in [0.25, 0.3) is 22.3 Å². The summed E-state index contributed by atoms with van der Waals surface area (Å²) in [5.41, 5.74) is 10.3. The number of hydrogen-bond acceptors (Lipinski definition) is 1. The van der Waals surface area contributed by atoms with Crippen molar-refractivity contribution in [2.24, 2.45) is 0 Å². The molecular weight excluding hydrogens is 531 g/mol. The Morgan fingerprint density at radius 1 is 1.00 bits per heavy atom. The van der Waals surface area contributed by atoms with Gasteiger partial charge in [-0.15, -0.1) is 23.3 Å². The van der Waals surface area contributed by atoms with Crippen molar-refractivity contribution in [2.75, 3.05) is 7.11 Å². The first kappa shape index (κ1) is 31.4. The van der Waals surface area contributed by atoms with Gasteiger partial charge in [0.2, 0.25) is 0 Å². The van der Waals surface area contributed by atoms with E-state index in [9.17, 15) is 0 Å². The fourth-order valence-corrected chi connectivity index (χ4v) is 4.43. The molecule has 0 radical (unpaired) electrons. The third-order valence-electron chi connectivity index (χ3n) is 5.96. The second-order valence-electron chi connectivity index (χ2n) is 9.36. The standard InChI is InChI=1S/C20H14ClO.C10H15.2ClH.Ti/c1-22-19-10-9-16(13-5-3-2-4-6-13)18-12-14-11-15(21)7-8-17(14)20(18)19;1-8-5-6-9(7-8)10(2,3)4;;;/h2-8,10-11H,12H2,1H3;5-7H,1-4H3;2*1H;/q2*-1;;;+4/p-2. The van der Waals surface area contributed by atoms with E-state index < -0.39 is 0 Å². The van der Waals surface area contributed by atoms with Crippen LogP contribution in [0.4, 0.5) is 0 Å².